The van der Waals surface area contributed by atoms with Crippen molar-refractivity contribution in [1.82, 2.24) is 19.9 Å². The summed E-state index contributed by atoms with van der Waals surface area (Å²) in [5.74, 6) is 1.12. The highest BCUT2D eigenvalue weighted by Gasteiger charge is 2.21. The first-order valence-electron chi connectivity index (χ1n) is 18.8. The second-order valence-corrected chi connectivity index (χ2v) is 14.0. The molecule has 0 radical (unpaired) electrons. The van der Waals surface area contributed by atoms with Gasteiger partial charge < -0.3 is 49.3 Å². The number of aromatic amines is 2. The number of benzene rings is 4. The van der Waals surface area contributed by atoms with E-state index in [2.05, 4.69) is 9.97 Å². The Morgan fingerprint density at radius 3 is 0.783 bits per heavy atom. The van der Waals surface area contributed by atoms with Crippen LogP contribution in [0.3, 0.4) is 0 Å². The summed E-state index contributed by atoms with van der Waals surface area (Å²) in [5.41, 5.74) is 10.5. The minimum absolute atomic E-state index is 0.0419. The molecule has 12 heteroatoms. The number of phenols is 4. The number of phenolic OH excluding ortho intramolecular Hbond substituents is 4. The van der Waals surface area contributed by atoms with Crippen molar-refractivity contribution in [3.05, 3.63) is 120 Å². The normalized spacial score (nSPS) is 11.8. The van der Waals surface area contributed by atoms with Gasteiger partial charge >= 0.3 is 0 Å². The monoisotopic (exact) mass is 798 g/mol. The Morgan fingerprint density at radius 1 is 0.350 bits per heavy atom. The van der Waals surface area contributed by atoms with E-state index in [4.69, 9.17) is 28.9 Å². The summed E-state index contributed by atoms with van der Waals surface area (Å²) in [6, 6.07) is 28.5. The van der Waals surface area contributed by atoms with Crippen LogP contribution in [0.5, 0.6) is 46.0 Å². The third-order valence-corrected chi connectivity index (χ3v) is 10.6. The second-order valence-electron chi connectivity index (χ2n) is 14.0. The first-order chi connectivity index (χ1) is 29.2. The molecule has 0 atom stereocenters. The van der Waals surface area contributed by atoms with Crippen LogP contribution in [0.25, 0.3) is 90.9 Å². The molecular weight excluding hydrogens is 761 g/mol. The van der Waals surface area contributed by atoms with Gasteiger partial charge in [-0.1, -0.05) is 24.3 Å². The molecule has 12 nitrogen and oxygen atoms in total. The van der Waals surface area contributed by atoms with Crippen molar-refractivity contribution in [3.8, 4) is 90.5 Å². The van der Waals surface area contributed by atoms with Gasteiger partial charge in [-0.3, -0.25) is 0 Å². The lowest BCUT2D eigenvalue weighted by Crippen LogP contribution is -1.91. The number of methoxy groups -OCH3 is 4. The van der Waals surface area contributed by atoms with Gasteiger partial charge in [0, 0.05) is 44.3 Å². The van der Waals surface area contributed by atoms with Crippen molar-refractivity contribution in [3.63, 3.8) is 0 Å². The summed E-state index contributed by atoms with van der Waals surface area (Å²) in [6.45, 7) is 0. The predicted molar refractivity (Wildman–Crippen MR) is 233 cm³/mol. The number of H-pyrrole nitrogens is 2. The van der Waals surface area contributed by atoms with Gasteiger partial charge in [-0.25, -0.2) is 9.97 Å². The molecule has 0 amide bonds. The molecule has 298 valence electrons. The van der Waals surface area contributed by atoms with Crippen LogP contribution in [0.4, 0.5) is 0 Å². The van der Waals surface area contributed by atoms with E-state index in [1.54, 1.807) is 48.5 Å². The zero-order valence-corrected chi connectivity index (χ0v) is 32.9. The van der Waals surface area contributed by atoms with E-state index >= 15 is 0 Å². The maximum absolute atomic E-state index is 11.0. The molecule has 0 saturated heterocycles. The second kappa shape index (κ2) is 15.0. The van der Waals surface area contributed by atoms with Gasteiger partial charge in [0.2, 0.25) is 0 Å². The van der Waals surface area contributed by atoms with Crippen molar-refractivity contribution in [2.45, 2.75) is 0 Å². The largest absolute Gasteiger partial charge is 0.504 e. The third kappa shape index (κ3) is 6.45. The summed E-state index contributed by atoms with van der Waals surface area (Å²) in [7, 11) is 5.98. The Morgan fingerprint density at radius 2 is 0.583 bits per heavy atom. The maximum atomic E-state index is 11.0. The fourth-order valence-electron chi connectivity index (χ4n) is 7.80. The third-order valence-electron chi connectivity index (χ3n) is 10.6. The van der Waals surface area contributed by atoms with Crippen LogP contribution in [0, 0.1) is 0 Å². The SMILES string of the molecule is COc1ccc(-c2c3nc(c(-c4ccc(OC)c(O)c4)c4ccc([nH]4)c(-c4ccc(OC)c(O)c4)c4nc(c(-c5ccc(OC)c(O)c5)c5ccc2[nH]5)C=C4)C=C3)cc1O. The van der Waals surface area contributed by atoms with Crippen molar-refractivity contribution in [1.29, 1.82) is 0 Å². The standard InChI is InChI=1S/C48H38N4O8/c1-57-41-17-5-25(21-37(41)53)45-29-9-11-31(49-29)46(26-6-18-42(58-2)38(54)22-26)33-13-15-35(51-33)48(28-8-20-44(60-4)40(56)24-28)36-16-14-34(52-36)47(32-12-10-30(45)50-32)27-7-19-43(59-3)39(55)23-27/h5-24,49,52-56H,1-4H3. The predicted octanol–water partition coefficient (Wildman–Crippen LogP) is 10.2. The summed E-state index contributed by atoms with van der Waals surface area (Å²) < 4.78 is 21.5. The van der Waals surface area contributed by atoms with Gasteiger partial charge in [-0.15, -0.1) is 0 Å². The fraction of sp³-hybridized carbons (Fsp3) is 0.0833. The molecule has 0 spiro atoms. The molecule has 5 heterocycles. The number of aromatic nitrogens is 4. The van der Waals surface area contributed by atoms with Crippen molar-refractivity contribution in [2.24, 2.45) is 0 Å². The number of hydrogen-bond acceptors (Lipinski definition) is 10. The van der Waals surface area contributed by atoms with Crippen LogP contribution >= 0.6 is 0 Å². The fourth-order valence-corrected chi connectivity index (χ4v) is 7.80. The van der Waals surface area contributed by atoms with Gasteiger partial charge in [-0.2, -0.15) is 0 Å². The summed E-state index contributed by atoms with van der Waals surface area (Å²) in [6.07, 6.45) is 7.64. The molecule has 6 N–H and O–H groups in total. The average Bonchev–Trinajstić information content (AvgIpc) is 4.09. The Bertz CT molecular complexity index is 2700. The lowest BCUT2D eigenvalue weighted by Gasteiger charge is -2.10. The van der Waals surface area contributed by atoms with Crippen LogP contribution in [0.1, 0.15) is 22.8 Å². The van der Waals surface area contributed by atoms with Crippen LogP contribution in [0.15, 0.2) is 97.1 Å². The van der Waals surface area contributed by atoms with Crippen LogP contribution in [-0.2, 0) is 0 Å². The summed E-state index contributed by atoms with van der Waals surface area (Å²) >= 11 is 0. The number of nitrogens with zero attached hydrogens (tertiary/aromatic N) is 2. The molecule has 4 aromatic carbocycles. The van der Waals surface area contributed by atoms with E-state index in [0.717, 1.165) is 0 Å². The number of aromatic hydroxyl groups is 4. The van der Waals surface area contributed by atoms with E-state index in [0.29, 0.717) is 112 Å². The highest BCUT2D eigenvalue weighted by molar-refractivity contribution is 6.00. The van der Waals surface area contributed by atoms with Crippen molar-refractivity contribution >= 4 is 46.4 Å². The van der Waals surface area contributed by atoms with Gasteiger partial charge in [0.1, 0.15) is 0 Å². The highest BCUT2D eigenvalue weighted by atomic mass is 16.5. The van der Waals surface area contributed by atoms with Crippen LogP contribution in [0.2, 0.25) is 0 Å². The number of ether oxygens (including phenoxy) is 4. The molecule has 3 aromatic heterocycles. The molecule has 9 rings (SSSR count). The number of nitrogens with one attached hydrogen (secondary N) is 2. The molecule has 0 aliphatic carbocycles. The molecule has 0 fully saturated rings. The van der Waals surface area contributed by atoms with E-state index < -0.39 is 0 Å². The lowest BCUT2D eigenvalue weighted by molar-refractivity contribution is 0.373. The minimum Gasteiger partial charge on any atom is -0.504 e. The van der Waals surface area contributed by atoms with E-state index in [9.17, 15) is 20.4 Å². The Labute approximate surface area is 343 Å². The van der Waals surface area contributed by atoms with Crippen molar-refractivity contribution < 1.29 is 39.4 Å². The molecule has 60 heavy (non-hydrogen) atoms. The number of hydrogen-bond donors (Lipinski definition) is 6. The first-order valence-corrected chi connectivity index (χ1v) is 18.8. The van der Waals surface area contributed by atoms with Gasteiger partial charge in [0.05, 0.1) is 51.2 Å². The smallest absolute Gasteiger partial charge is 0.160 e. The van der Waals surface area contributed by atoms with Crippen LogP contribution < -0.4 is 18.9 Å². The lowest BCUT2D eigenvalue weighted by atomic mass is 10.0. The molecule has 0 unspecified atom stereocenters. The topological polar surface area (TPSA) is 175 Å². The van der Waals surface area contributed by atoms with E-state index in [1.165, 1.54) is 28.4 Å². The Hall–Kier alpha value is -8.12. The molecule has 2 aliphatic rings. The number of fused-ring (bicyclic) bond motifs is 8. The zero-order valence-electron chi connectivity index (χ0n) is 32.9. The van der Waals surface area contributed by atoms with Crippen molar-refractivity contribution in [2.75, 3.05) is 28.4 Å². The minimum atomic E-state index is -0.0419. The Balaban J connectivity index is 1.46. The molecule has 8 bridgehead atoms. The molecule has 2 aliphatic heterocycles. The molecular formula is C48H38N4O8. The summed E-state index contributed by atoms with van der Waals surface area (Å²) in [5, 5.41) is 44.0. The van der Waals surface area contributed by atoms with E-state index in [1.807, 2.05) is 72.8 Å². The van der Waals surface area contributed by atoms with E-state index in [-0.39, 0.29) is 23.0 Å². The van der Waals surface area contributed by atoms with Gasteiger partial charge in [-0.05, 0) is 119 Å². The quantitative estimate of drug-likeness (QED) is 0.0868. The maximum Gasteiger partial charge on any atom is 0.160 e. The van der Waals surface area contributed by atoms with Gasteiger partial charge in [0.25, 0.3) is 0 Å². The first kappa shape index (κ1) is 37.5. The Kier molecular flexibility index (Phi) is 9.36. The number of rotatable bonds is 8. The molecule has 0 saturated carbocycles. The van der Waals surface area contributed by atoms with Gasteiger partial charge in [0.15, 0.2) is 46.0 Å². The summed E-state index contributed by atoms with van der Waals surface area (Å²) in [4.78, 5) is 17.7. The molecule has 7 aromatic rings. The zero-order chi connectivity index (χ0) is 41.7. The highest BCUT2D eigenvalue weighted by Crippen LogP contribution is 2.43. The van der Waals surface area contributed by atoms with Crippen LogP contribution in [-0.4, -0.2) is 68.8 Å². The average molecular weight is 799 g/mol.